The molecule has 1 heterocycles. The van der Waals surface area contributed by atoms with Gasteiger partial charge in [-0.15, -0.1) is 27.9 Å². The van der Waals surface area contributed by atoms with Gasteiger partial charge in [-0.3, -0.25) is 10.2 Å². The maximum absolute atomic E-state index is 12.5. The van der Waals surface area contributed by atoms with Crippen LogP contribution in [-0.2, 0) is 16.4 Å². The first-order chi connectivity index (χ1) is 12.5. The zero-order valence-corrected chi connectivity index (χ0v) is 16.7. The number of rotatable bonds is 6. The van der Waals surface area contributed by atoms with Gasteiger partial charge in [0, 0.05) is 5.56 Å². The van der Waals surface area contributed by atoms with Crippen LogP contribution in [0.3, 0.4) is 0 Å². The molecule has 2 aromatic rings. The second-order valence-electron chi connectivity index (χ2n) is 5.49. The van der Waals surface area contributed by atoms with Gasteiger partial charge in [0.25, 0.3) is 15.9 Å². The molecule has 0 bridgehead atoms. The Kier molecular flexibility index (Phi) is 5.71. The Hall–Kier alpha value is -1.81. The normalized spacial score (nSPS) is 13.3. The van der Waals surface area contributed by atoms with Crippen LogP contribution in [0.1, 0.15) is 27.2 Å². The lowest BCUT2D eigenvalue weighted by Crippen LogP contribution is -2.41. The van der Waals surface area contributed by atoms with Gasteiger partial charge in [-0.25, -0.2) is 8.42 Å². The molecule has 0 saturated carbocycles. The van der Waals surface area contributed by atoms with E-state index in [4.69, 9.17) is 4.74 Å². The van der Waals surface area contributed by atoms with Crippen LogP contribution >= 0.6 is 23.1 Å². The molecule has 0 unspecified atom stereocenters. The summed E-state index contributed by atoms with van der Waals surface area (Å²) in [7, 11) is -2.36. The Balaban J connectivity index is 1.76. The molecule has 0 atom stereocenters. The van der Waals surface area contributed by atoms with Gasteiger partial charge in [0.1, 0.15) is 5.75 Å². The maximum Gasteiger partial charge on any atom is 0.276 e. The second-order valence-corrected chi connectivity index (χ2v) is 9.27. The second kappa shape index (κ2) is 7.83. The molecule has 0 radical (unpaired) electrons. The van der Waals surface area contributed by atoms with Gasteiger partial charge in [-0.05, 0) is 48.9 Å². The molecule has 6 nitrogen and oxygen atoms in total. The van der Waals surface area contributed by atoms with Crippen LogP contribution in [0.15, 0.2) is 39.4 Å². The zero-order chi connectivity index (χ0) is 18.7. The fourth-order valence-corrected chi connectivity index (χ4v) is 5.42. The molecule has 0 fully saturated rings. The molecule has 3 rings (SSSR count). The van der Waals surface area contributed by atoms with E-state index in [1.807, 2.05) is 12.3 Å². The molecule has 0 saturated heterocycles. The molecule has 0 aliphatic heterocycles. The van der Waals surface area contributed by atoms with E-state index in [-0.39, 0.29) is 4.90 Å². The first-order valence-corrected chi connectivity index (χ1v) is 11.3. The summed E-state index contributed by atoms with van der Waals surface area (Å²) in [5.74, 6) is 0.106. The van der Waals surface area contributed by atoms with Gasteiger partial charge < -0.3 is 4.74 Å². The smallest absolute Gasteiger partial charge is 0.276 e. The van der Waals surface area contributed by atoms with Crippen LogP contribution in [0.25, 0.3) is 6.08 Å². The Morgan fingerprint density at radius 3 is 2.65 bits per heavy atom. The Morgan fingerprint density at radius 1 is 1.27 bits per heavy atom. The maximum atomic E-state index is 12.5. The molecular formula is C17H18N2O4S3. The van der Waals surface area contributed by atoms with E-state index in [0.29, 0.717) is 10.6 Å². The minimum absolute atomic E-state index is 0.0412. The average Bonchev–Trinajstić information content (AvgIpc) is 3.05. The fraction of sp³-hybridized carbons (Fsp3) is 0.235. The molecule has 1 aliphatic rings. The minimum atomic E-state index is -3.86. The number of hydrogen-bond acceptors (Lipinski definition) is 6. The first kappa shape index (κ1) is 19.0. The van der Waals surface area contributed by atoms with Gasteiger partial charge in [0.05, 0.1) is 21.1 Å². The van der Waals surface area contributed by atoms with Crippen molar-refractivity contribution in [1.82, 2.24) is 10.3 Å². The summed E-state index contributed by atoms with van der Waals surface area (Å²) in [6.45, 7) is 0. The lowest BCUT2D eigenvalue weighted by molar-refractivity contribution is 0.0948. The number of carbonyl (C=O) groups is 1. The third kappa shape index (κ3) is 3.80. The van der Waals surface area contributed by atoms with Crippen molar-refractivity contribution >= 4 is 45.1 Å². The summed E-state index contributed by atoms with van der Waals surface area (Å²) in [5, 5.41) is 0. The highest BCUT2D eigenvalue weighted by Crippen LogP contribution is 2.38. The molecule has 9 heteroatoms. The number of thioether (sulfide) groups is 1. The van der Waals surface area contributed by atoms with Crippen molar-refractivity contribution in [2.45, 2.75) is 21.9 Å². The summed E-state index contributed by atoms with van der Waals surface area (Å²) in [6.07, 6.45) is 7.72. The number of benzene rings is 1. The number of methoxy groups -OCH3 is 1. The van der Waals surface area contributed by atoms with Crippen LogP contribution in [0, 0.1) is 0 Å². The van der Waals surface area contributed by atoms with Gasteiger partial charge in [0.2, 0.25) is 0 Å². The van der Waals surface area contributed by atoms with E-state index in [0.717, 1.165) is 28.2 Å². The van der Waals surface area contributed by atoms with E-state index < -0.39 is 15.9 Å². The summed E-state index contributed by atoms with van der Waals surface area (Å²) in [6, 6.07) is 5.92. The van der Waals surface area contributed by atoms with Crippen molar-refractivity contribution in [2.75, 3.05) is 13.4 Å². The standard InChI is InChI=1S/C17H18N2O4S3/c1-23-11-7-9-12(10-8-11)26(21,22)19-18-16(20)15-13-5-3-4-6-14(13)17(24-2)25-15/h4,6-10,19H,3,5H2,1-2H3,(H,18,20). The number of hydrogen-bond donors (Lipinski definition) is 2. The van der Waals surface area contributed by atoms with Crippen LogP contribution in [0.5, 0.6) is 5.75 Å². The molecule has 138 valence electrons. The topological polar surface area (TPSA) is 84.5 Å². The molecule has 1 aromatic heterocycles. The van der Waals surface area contributed by atoms with Gasteiger partial charge in [0.15, 0.2) is 0 Å². The van der Waals surface area contributed by atoms with Crippen molar-refractivity contribution < 1.29 is 17.9 Å². The number of ether oxygens (including phenoxy) is 1. The molecule has 2 N–H and O–H groups in total. The predicted molar refractivity (Wildman–Crippen MR) is 104 cm³/mol. The predicted octanol–water partition coefficient (Wildman–Crippen LogP) is 3.06. The molecule has 26 heavy (non-hydrogen) atoms. The lowest BCUT2D eigenvalue weighted by atomic mass is 10.00. The number of nitrogens with one attached hydrogen (secondary N) is 2. The molecular weight excluding hydrogens is 392 g/mol. The van der Waals surface area contributed by atoms with E-state index in [2.05, 4.69) is 16.3 Å². The molecule has 1 aliphatic carbocycles. The molecule has 0 spiro atoms. The SMILES string of the molecule is COc1ccc(S(=O)(=O)NNC(=O)c2sc(SC)c3c2CCC=C3)cc1. The Bertz CT molecular complexity index is 947. The van der Waals surface area contributed by atoms with E-state index >= 15 is 0 Å². The van der Waals surface area contributed by atoms with Crippen molar-refractivity contribution in [1.29, 1.82) is 0 Å². The number of fused-ring (bicyclic) bond motifs is 1. The van der Waals surface area contributed by atoms with Crippen molar-refractivity contribution in [2.24, 2.45) is 0 Å². The third-order valence-corrected chi connectivity index (χ3v) is 7.57. The number of amides is 1. The summed E-state index contributed by atoms with van der Waals surface area (Å²) < 4.78 is 30.7. The zero-order valence-electron chi connectivity index (χ0n) is 14.2. The lowest BCUT2D eigenvalue weighted by Gasteiger charge is -2.11. The number of allylic oxidation sites excluding steroid dienone is 1. The van der Waals surface area contributed by atoms with E-state index in [9.17, 15) is 13.2 Å². The summed E-state index contributed by atoms with van der Waals surface area (Å²) in [5.41, 5.74) is 4.36. The highest BCUT2D eigenvalue weighted by molar-refractivity contribution is 8.00. The Morgan fingerprint density at radius 2 is 2.00 bits per heavy atom. The molecule has 1 amide bonds. The number of hydrazine groups is 1. The highest BCUT2D eigenvalue weighted by Gasteiger charge is 2.23. The van der Waals surface area contributed by atoms with Crippen LogP contribution < -0.4 is 15.0 Å². The van der Waals surface area contributed by atoms with Crippen molar-refractivity contribution in [3.63, 3.8) is 0 Å². The van der Waals surface area contributed by atoms with Crippen LogP contribution in [0.4, 0.5) is 0 Å². The highest BCUT2D eigenvalue weighted by atomic mass is 32.2. The summed E-state index contributed by atoms with van der Waals surface area (Å²) in [4.78, 5) is 15.3. The van der Waals surface area contributed by atoms with E-state index in [1.165, 1.54) is 30.6 Å². The number of carbonyl (C=O) groups excluding carboxylic acids is 1. The Labute approximate surface area is 160 Å². The molecule has 1 aromatic carbocycles. The average molecular weight is 411 g/mol. The van der Waals surface area contributed by atoms with Gasteiger partial charge in [-0.1, -0.05) is 12.2 Å². The van der Waals surface area contributed by atoms with Gasteiger partial charge in [-0.2, -0.15) is 0 Å². The fourth-order valence-electron chi connectivity index (χ4n) is 2.62. The summed E-state index contributed by atoms with van der Waals surface area (Å²) >= 11 is 2.97. The van der Waals surface area contributed by atoms with E-state index in [1.54, 1.807) is 23.9 Å². The quantitative estimate of drug-likeness (QED) is 0.565. The third-order valence-electron chi connectivity index (χ3n) is 3.92. The van der Waals surface area contributed by atoms with Crippen LogP contribution in [-0.4, -0.2) is 27.7 Å². The minimum Gasteiger partial charge on any atom is -0.497 e. The van der Waals surface area contributed by atoms with Crippen molar-refractivity contribution in [3.8, 4) is 5.75 Å². The number of thiophene rings is 1. The number of sulfonamides is 1. The van der Waals surface area contributed by atoms with Crippen LogP contribution in [0.2, 0.25) is 0 Å². The largest absolute Gasteiger partial charge is 0.497 e. The monoisotopic (exact) mass is 410 g/mol. The van der Waals surface area contributed by atoms with Crippen molar-refractivity contribution in [3.05, 3.63) is 46.3 Å². The first-order valence-electron chi connectivity index (χ1n) is 7.78. The van der Waals surface area contributed by atoms with Gasteiger partial charge >= 0.3 is 0 Å².